The summed E-state index contributed by atoms with van der Waals surface area (Å²) in [6, 6.07) is 3.56. The van der Waals surface area contributed by atoms with E-state index in [2.05, 4.69) is 0 Å². The smallest absolute Gasteiger partial charge is 0.321 e. The maximum absolute atomic E-state index is 12.5. The third-order valence-electron chi connectivity index (χ3n) is 3.45. The Morgan fingerprint density at radius 1 is 1.50 bits per heavy atom. The van der Waals surface area contributed by atoms with Crippen LogP contribution in [-0.4, -0.2) is 43.5 Å². The molecule has 0 fully saturated rings. The Bertz CT molecular complexity index is 626. The molecule has 1 aromatic rings. The molecule has 1 N–H and O–H groups in total. The number of carboxylic acids is 1. The SMILES string of the molecule is CCC(C(=O)O)N(C)S(=O)(=O)c1ccc2c(c1)CCO2. The lowest BCUT2D eigenvalue weighted by molar-refractivity contribution is -0.141. The van der Waals surface area contributed by atoms with Crippen molar-refractivity contribution >= 4 is 16.0 Å². The first-order valence-corrected chi connectivity index (χ1v) is 7.78. The number of sulfonamides is 1. The van der Waals surface area contributed by atoms with Crippen LogP contribution < -0.4 is 4.74 Å². The third-order valence-corrected chi connectivity index (χ3v) is 5.31. The fourth-order valence-corrected chi connectivity index (χ4v) is 3.68. The highest BCUT2D eigenvalue weighted by Gasteiger charge is 2.32. The molecule has 0 radical (unpaired) electrons. The number of benzene rings is 1. The summed E-state index contributed by atoms with van der Waals surface area (Å²) in [4.78, 5) is 11.2. The molecule has 0 aromatic heterocycles. The van der Waals surface area contributed by atoms with E-state index in [0.717, 1.165) is 9.87 Å². The number of ether oxygens (including phenoxy) is 1. The number of carbonyl (C=O) groups is 1. The van der Waals surface area contributed by atoms with E-state index < -0.39 is 22.0 Å². The van der Waals surface area contributed by atoms with Crippen molar-refractivity contribution in [2.45, 2.75) is 30.7 Å². The molecule has 6 nitrogen and oxygen atoms in total. The van der Waals surface area contributed by atoms with Gasteiger partial charge in [-0.1, -0.05) is 6.92 Å². The van der Waals surface area contributed by atoms with Gasteiger partial charge in [-0.05, 0) is 30.2 Å². The Morgan fingerprint density at radius 3 is 2.80 bits per heavy atom. The predicted octanol–water partition coefficient (Wildman–Crippen LogP) is 1.11. The number of hydrogen-bond acceptors (Lipinski definition) is 4. The van der Waals surface area contributed by atoms with Gasteiger partial charge in [0, 0.05) is 13.5 Å². The van der Waals surface area contributed by atoms with Gasteiger partial charge in [-0.3, -0.25) is 4.79 Å². The number of hydrogen-bond donors (Lipinski definition) is 1. The zero-order chi connectivity index (χ0) is 14.9. The van der Waals surface area contributed by atoms with Crippen molar-refractivity contribution in [3.63, 3.8) is 0 Å². The van der Waals surface area contributed by atoms with Gasteiger partial charge in [-0.15, -0.1) is 0 Å². The fourth-order valence-electron chi connectivity index (χ4n) is 2.24. The van der Waals surface area contributed by atoms with Gasteiger partial charge in [0.1, 0.15) is 11.8 Å². The van der Waals surface area contributed by atoms with Gasteiger partial charge in [-0.25, -0.2) is 8.42 Å². The molecule has 0 amide bonds. The molecule has 0 bridgehead atoms. The molecule has 1 aliphatic rings. The highest BCUT2D eigenvalue weighted by atomic mass is 32.2. The van der Waals surface area contributed by atoms with Crippen LogP contribution in [0.1, 0.15) is 18.9 Å². The monoisotopic (exact) mass is 299 g/mol. The molecule has 0 aliphatic carbocycles. The summed E-state index contributed by atoms with van der Waals surface area (Å²) < 4.78 is 31.2. The summed E-state index contributed by atoms with van der Waals surface area (Å²) in [7, 11) is -2.53. The quantitative estimate of drug-likeness (QED) is 0.880. The number of carboxylic acid groups (broad SMARTS) is 1. The average Bonchev–Trinajstić information content (AvgIpc) is 2.85. The minimum Gasteiger partial charge on any atom is -0.493 e. The molecule has 7 heteroatoms. The lowest BCUT2D eigenvalue weighted by atomic mass is 10.2. The number of rotatable bonds is 5. The molecule has 1 aromatic carbocycles. The highest BCUT2D eigenvalue weighted by molar-refractivity contribution is 7.89. The topological polar surface area (TPSA) is 83.9 Å². The van der Waals surface area contributed by atoms with Gasteiger partial charge in [0.05, 0.1) is 11.5 Å². The second-order valence-electron chi connectivity index (χ2n) is 4.65. The number of fused-ring (bicyclic) bond motifs is 1. The van der Waals surface area contributed by atoms with Crippen molar-refractivity contribution in [3.8, 4) is 5.75 Å². The zero-order valence-electron chi connectivity index (χ0n) is 11.4. The van der Waals surface area contributed by atoms with Gasteiger partial charge >= 0.3 is 5.97 Å². The normalized spacial score (nSPS) is 15.8. The van der Waals surface area contributed by atoms with Crippen LogP contribution in [-0.2, 0) is 21.2 Å². The minimum absolute atomic E-state index is 0.101. The van der Waals surface area contributed by atoms with E-state index in [0.29, 0.717) is 18.8 Å². The Kier molecular flexibility index (Phi) is 4.01. The summed E-state index contributed by atoms with van der Waals surface area (Å²) in [5.74, 6) is -0.458. The Labute approximate surface area is 118 Å². The molecule has 2 rings (SSSR count). The molecule has 110 valence electrons. The molecule has 0 spiro atoms. The Balaban J connectivity index is 2.37. The highest BCUT2D eigenvalue weighted by Crippen LogP contribution is 2.29. The second kappa shape index (κ2) is 5.41. The van der Waals surface area contributed by atoms with E-state index >= 15 is 0 Å². The van der Waals surface area contributed by atoms with E-state index in [1.807, 2.05) is 0 Å². The van der Waals surface area contributed by atoms with Crippen molar-refractivity contribution in [1.29, 1.82) is 0 Å². The van der Waals surface area contributed by atoms with Gasteiger partial charge < -0.3 is 9.84 Å². The molecule has 0 saturated carbocycles. The van der Waals surface area contributed by atoms with Crippen LogP contribution in [0.5, 0.6) is 5.75 Å². The lowest BCUT2D eigenvalue weighted by Gasteiger charge is -2.23. The van der Waals surface area contributed by atoms with Gasteiger partial charge in [0.25, 0.3) is 0 Å². The van der Waals surface area contributed by atoms with Crippen LogP contribution in [0, 0.1) is 0 Å². The maximum atomic E-state index is 12.5. The first-order chi connectivity index (χ1) is 9.37. The summed E-state index contributed by atoms with van der Waals surface area (Å²) in [5, 5.41) is 9.08. The van der Waals surface area contributed by atoms with Crippen LogP contribution in [0.3, 0.4) is 0 Å². The second-order valence-corrected chi connectivity index (χ2v) is 6.65. The summed E-state index contributed by atoms with van der Waals surface area (Å²) in [5.41, 5.74) is 0.836. The summed E-state index contributed by atoms with van der Waals surface area (Å²) in [6.07, 6.45) is 0.873. The molecule has 20 heavy (non-hydrogen) atoms. The van der Waals surface area contributed by atoms with Crippen molar-refractivity contribution in [3.05, 3.63) is 23.8 Å². The van der Waals surface area contributed by atoms with Crippen molar-refractivity contribution in [2.75, 3.05) is 13.7 Å². The van der Waals surface area contributed by atoms with Crippen LogP contribution in [0.4, 0.5) is 0 Å². The molecule has 1 heterocycles. The van der Waals surface area contributed by atoms with Crippen LogP contribution >= 0.6 is 0 Å². The van der Waals surface area contributed by atoms with Crippen LogP contribution in [0.25, 0.3) is 0 Å². The number of likely N-dealkylation sites (N-methyl/N-ethyl adjacent to an activating group) is 1. The fraction of sp³-hybridized carbons (Fsp3) is 0.462. The van der Waals surface area contributed by atoms with Crippen LogP contribution in [0.15, 0.2) is 23.1 Å². The average molecular weight is 299 g/mol. The molecular weight excluding hydrogens is 282 g/mol. The largest absolute Gasteiger partial charge is 0.493 e. The Hall–Kier alpha value is -1.60. The number of aliphatic carboxylic acids is 1. The first-order valence-electron chi connectivity index (χ1n) is 6.34. The number of nitrogens with zero attached hydrogens (tertiary/aromatic N) is 1. The Morgan fingerprint density at radius 2 is 2.20 bits per heavy atom. The minimum atomic E-state index is -3.82. The van der Waals surface area contributed by atoms with E-state index in [-0.39, 0.29) is 11.3 Å². The zero-order valence-corrected chi connectivity index (χ0v) is 12.2. The molecular formula is C13H17NO5S. The third kappa shape index (κ3) is 2.51. The first kappa shape index (κ1) is 14.8. The van der Waals surface area contributed by atoms with Crippen molar-refractivity contribution in [2.24, 2.45) is 0 Å². The van der Waals surface area contributed by atoms with Crippen molar-refractivity contribution < 1.29 is 23.1 Å². The summed E-state index contributed by atoms with van der Waals surface area (Å²) >= 11 is 0. The molecule has 0 saturated heterocycles. The molecule has 1 aliphatic heterocycles. The lowest BCUT2D eigenvalue weighted by Crippen LogP contribution is -2.41. The van der Waals surface area contributed by atoms with E-state index in [1.54, 1.807) is 19.1 Å². The van der Waals surface area contributed by atoms with Crippen LogP contribution in [0.2, 0.25) is 0 Å². The van der Waals surface area contributed by atoms with E-state index in [9.17, 15) is 13.2 Å². The standard InChI is InChI=1S/C13H17NO5S/c1-3-11(13(15)16)14(2)20(17,18)10-4-5-12-9(8-10)6-7-19-12/h4-5,8,11H,3,6-7H2,1-2H3,(H,15,16). The molecule has 1 atom stereocenters. The summed E-state index contributed by atoms with van der Waals surface area (Å²) in [6.45, 7) is 2.18. The van der Waals surface area contributed by atoms with Crippen molar-refractivity contribution in [1.82, 2.24) is 4.31 Å². The maximum Gasteiger partial charge on any atom is 0.321 e. The van der Waals surface area contributed by atoms with E-state index in [4.69, 9.17) is 9.84 Å². The van der Waals surface area contributed by atoms with Gasteiger partial charge in [0.15, 0.2) is 0 Å². The van der Waals surface area contributed by atoms with E-state index in [1.165, 1.54) is 13.1 Å². The predicted molar refractivity (Wildman–Crippen MR) is 72.3 cm³/mol. The van der Waals surface area contributed by atoms with Gasteiger partial charge in [0.2, 0.25) is 10.0 Å². The van der Waals surface area contributed by atoms with Gasteiger partial charge in [-0.2, -0.15) is 4.31 Å². The molecule has 1 unspecified atom stereocenters.